The van der Waals surface area contributed by atoms with Crippen LogP contribution in [0.15, 0.2) is 10.5 Å². The molecule has 4 rings (SSSR count). The molecule has 1 aromatic heterocycles. The van der Waals surface area contributed by atoms with Crippen LogP contribution >= 0.6 is 0 Å². The summed E-state index contributed by atoms with van der Waals surface area (Å²) in [7, 11) is 0. The third kappa shape index (κ3) is 1.80. The SMILES string of the molecule is CCCNC(c1cc(C)oc1C)C1C2C3CCC(C3)C21. The molecule has 2 bridgehead atoms. The van der Waals surface area contributed by atoms with Crippen molar-refractivity contribution in [3.05, 3.63) is 23.2 Å². The molecular weight excluding hydrogens is 246 g/mol. The summed E-state index contributed by atoms with van der Waals surface area (Å²) in [5, 5.41) is 3.84. The molecule has 5 atom stereocenters. The summed E-state index contributed by atoms with van der Waals surface area (Å²) in [6.45, 7) is 7.59. The summed E-state index contributed by atoms with van der Waals surface area (Å²) < 4.78 is 5.80. The highest BCUT2D eigenvalue weighted by Crippen LogP contribution is 2.72. The zero-order valence-electron chi connectivity index (χ0n) is 13.0. The van der Waals surface area contributed by atoms with Crippen LogP contribution in [0, 0.1) is 43.4 Å². The second kappa shape index (κ2) is 4.62. The van der Waals surface area contributed by atoms with Gasteiger partial charge in [-0.05, 0) is 81.7 Å². The summed E-state index contributed by atoms with van der Waals surface area (Å²) in [6, 6.07) is 2.82. The molecule has 0 radical (unpaired) electrons. The third-order valence-corrected chi connectivity index (χ3v) is 6.21. The van der Waals surface area contributed by atoms with Gasteiger partial charge in [-0.1, -0.05) is 6.92 Å². The highest BCUT2D eigenvalue weighted by molar-refractivity contribution is 5.29. The van der Waals surface area contributed by atoms with Crippen molar-refractivity contribution >= 4 is 0 Å². The van der Waals surface area contributed by atoms with E-state index < -0.39 is 0 Å². The van der Waals surface area contributed by atoms with Gasteiger partial charge in [-0.2, -0.15) is 0 Å². The Balaban J connectivity index is 1.59. The van der Waals surface area contributed by atoms with E-state index in [4.69, 9.17) is 4.42 Å². The number of hydrogen-bond donors (Lipinski definition) is 1. The van der Waals surface area contributed by atoms with Gasteiger partial charge in [0.25, 0.3) is 0 Å². The zero-order chi connectivity index (χ0) is 13.9. The third-order valence-electron chi connectivity index (χ3n) is 6.21. The van der Waals surface area contributed by atoms with Gasteiger partial charge in [0, 0.05) is 11.6 Å². The van der Waals surface area contributed by atoms with E-state index in [1.54, 1.807) is 0 Å². The summed E-state index contributed by atoms with van der Waals surface area (Å²) >= 11 is 0. The average molecular weight is 273 g/mol. The van der Waals surface area contributed by atoms with Crippen molar-refractivity contribution < 1.29 is 4.42 Å². The molecule has 110 valence electrons. The molecular formula is C18H27NO. The molecule has 3 saturated carbocycles. The van der Waals surface area contributed by atoms with Crippen molar-refractivity contribution in [1.29, 1.82) is 0 Å². The summed E-state index contributed by atoms with van der Waals surface area (Å²) in [5.74, 6) is 7.24. The maximum atomic E-state index is 5.80. The first-order valence-corrected chi connectivity index (χ1v) is 8.51. The minimum Gasteiger partial charge on any atom is -0.466 e. The number of hydrogen-bond acceptors (Lipinski definition) is 2. The molecule has 3 aliphatic rings. The topological polar surface area (TPSA) is 25.2 Å². The van der Waals surface area contributed by atoms with Crippen LogP contribution in [0.5, 0.6) is 0 Å². The van der Waals surface area contributed by atoms with Gasteiger partial charge in [-0.3, -0.25) is 0 Å². The Labute approximate surface area is 122 Å². The Morgan fingerprint density at radius 1 is 1.25 bits per heavy atom. The van der Waals surface area contributed by atoms with Gasteiger partial charge in [0.2, 0.25) is 0 Å². The Morgan fingerprint density at radius 2 is 1.95 bits per heavy atom. The number of aryl methyl sites for hydroxylation is 2. The van der Waals surface area contributed by atoms with Gasteiger partial charge in [-0.15, -0.1) is 0 Å². The van der Waals surface area contributed by atoms with Crippen molar-refractivity contribution in [2.75, 3.05) is 6.54 Å². The molecule has 0 spiro atoms. The Hall–Kier alpha value is -0.760. The fourth-order valence-electron chi connectivity index (χ4n) is 5.55. The molecule has 0 saturated heterocycles. The molecule has 2 heteroatoms. The van der Waals surface area contributed by atoms with E-state index >= 15 is 0 Å². The lowest BCUT2D eigenvalue weighted by Gasteiger charge is -2.21. The minimum absolute atomic E-state index is 0.547. The van der Waals surface area contributed by atoms with E-state index in [-0.39, 0.29) is 0 Å². The zero-order valence-corrected chi connectivity index (χ0v) is 13.0. The van der Waals surface area contributed by atoms with Gasteiger partial charge < -0.3 is 9.73 Å². The standard InChI is InChI=1S/C18H27NO/c1-4-7-19-18(14-8-10(2)20-11(14)3)17-15-12-5-6-13(9-12)16(15)17/h8,12-13,15-19H,4-7,9H2,1-3H3. The lowest BCUT2D eigenvalue weighted by molar-refractivity contribution is 0.365. The van der Waals surface area contributed by atoms with E-state index in [9.17, 15) is 0 Å². The first-order chi connectivity index (χ1) is 9.70. The highest BCUT2D eigenvalue weighted by Gasteiger charge is 2.66. The lowest BCUT2D eigenvalue weighted by atomic mass is 9.93. The summed E-state index contributed by atoms with van der Waals surface area (Å²) in [4.78, 5) is 0. The molecule has 1 heterocycles. The quantitative estimate of drug-likeness (QED) is 0.868. The maximum absolute atomic E-state index is 5.80. The van der Waals surface area contributed by atoms with Gasteiger partial charge in [-0.25, -0.2) is 0 Å². The van der Waals surface area contributed by atoms with Crippen molar-refractivity contribution in [2.24, 2.45) is 29.6 Å². The molecule has 0 amide bonds. The van der Waals surface area contributed by atoms with Gasteiger partial charge in [0.15, 0.2) is 0 Å². The van der Waals surface area contributed by atoms with Crippen molar-refractivity contribution in [3.8, 4) is 0 Å². The van der Waals surface area contributed by atoms with Crippen LogP contribution in [-0.2, 0) is 0 Å². The molecule has 5 unspecified atom stereocenters. The number of furan rings is 1. The van der Waals surface area contributed by atoms with Crippen molar-refractivity contribution in [1.82, 2.24) is 5.32 Å². The lowest BCUT2D eigenvalue weighted by Crippen LogP contribution is -2.26. The van der Waals surface area contributed by atoms with Gasteiger partial charge >= 0.3 is 0 Å². The van der Waals surface area contributed by atoms with E-state index in [0.717, 1.165) is 47.7 Å². The normalized spacial score (nSPS) is 39.0. The smallest absolute Gasteiger partial charge is 0.105 e. The molecule has 1 N–H and O–H groups in total. The van der Waals surface area contributed by atoms with E-state index in [1.165, 1.54) is 31.2 Å². The number of nitrogens with one attached hydrogen (secondary N) is 1. The van der Waals surface area contributed by atoms with E-state index in [0.29, 0.717) is 6.04 Å². The van der Waals surface area contributed by atoms with E-state index in [2.05, 4.69) is 32.2 Å². The Morgan fingerprint density at radius 3 is 2.50 bits per heavy atom. The summed E-state index contributed by atoms with van der Waals surface area (Å²) in [6.07, 6.45) is 5.76. The first kappa shape index (κ1) is 12.9. The first-order valence-electron chi connectivity index (χ1n) is 8.51. The van der Waals surface area contributed by atoms with Crippen LogP contribution in [0.3, 0.4) is 0 Å². The monoisotopic (exact) mass is 273 g/mol. The summed E-state index contributed by atoms with van der Waals surface area (Å²) in [5.41, 5.74) is 1.44. The maximum Gasteiger partial charge on any atom is 0.105 e. The van der Waals surface area contributed by atoms with Crippen molar-refractivity contribution in [3.63, 3.8) is 0 Å². The highest BCUT2D eigenvalue weighted by atomic mass is 16.3. The second-order valence-corrected chi connectivity index (χ2v) is 7.37. The number of fused-ring (bicyclic) bond motifs is 5. The predicted molar refractivity (Wildman–Crippen MR) is 80.5 cm³/mol. The van der Waals surface area contributed by atoms with Crippen LogP contribution in [0.2, 0.25) is 0 Å². The predicted octanol–water partition coefficient (Wildman–Crippen LogP) is 4.23. The van der Waals surface area contributed by atoms with Crippen LogP contribution in [0.4, 0.5) is 0 Å². The minimum atomic E-state index is 0.547. The Kier molecular flexibility index (Phi) is 2.99. The largest absolute Gasteiger partial charge is 0.466 e. The van der Waals surface area contributed by atoms with Crippen LogP contribution in [0.25, 0.3) is 0 Å². The molecule has 0 aliphatic heterocycles. The molecule has 3 fully saturated rings. The van der Waals surface area contributed by atoms with Crippen LogP contribution in [-0.4, -0.2) is 6.54 Å². The van der Waals surface area contributed by atoms with Crippen LogP contribution < -0.4 is 5.32 Å². The fraction of sp³-hybridized carbons (Fsp3) is 0.778. The van der Waals surface area contributed by atoms with Crippen LogP contribution in [0.1, 0.15) is 55.7 Å². The molecule has 20 heavy (non-hydrogen) atoms. The second-order valence-electron chi connectivity index (χ2n) is 7.37. The van der Waals surface area contributed by atoms with Gasteiger partial charge in [0.05, 0.1) is 0 Å². The Bertz CT molecular complexity index is 490. The fourth-order valence-corrected chi connectivity index (χ4v) is 5.55. The molecule has 2 nitrogen and oxygen atoms in total. The molecule has 1 aromatic rings. The van der Waals surface area contributed by atoms with Gasteiger partial charge in [0.1, 0.15) is 11.5 Å². The average Bonchev–Trinajstić information content (AvgIpc) is 2.73. The molecule has 3 aliphatic carbocycles. The number of rotatable bonds is 5. The van der Waals surface area contributed by atoms with E-state index in [1.807, 2.05) is 0 Å². The van der Waals surface area contributed by atoms with Crippen molar-refractivity contribution in [2.45, 2.75) is 52.5 Å². The molecule has 0 aromatic carbocycles.